The summed E-state index contributed by atoms with van der Waals surface area (Å²) in [5.41, 5.74) is 0. The van der Waals surface area contributed by atoms with Gasteiger partial charge in [-0.25, -0.2) is 0 Å². The number of nitrogens with one attached hydrogen (secondary N) is 2. The number of hydrogen-bond donors (Lipinski definition) is 2. The maximum Gasteiger partial charge on any atom is 0.245 e. The van der Waals surface area contributed by atoms with Gasteiger partial charge in [0, 0.05) is 38.8 Å². The van der Waals surface area contributed by atoms with Crippen molar-refractivity contribution in [3.8, 4) is 0 Å². The lowest BCUT2D eigenvalue weighted by Gasteiger charge is -2.07. The Morgan fingerprint density at radius 1 is 0.452 bits per heavy atom. The zero-order valence-electron chi connectivity index (χ0n) is 26.5. The summed E-state index contributed by atoms with van der Waals surface area (Å²) in [6.45, 7) is 5.66. The standard InChI is InChI=1S/C30H60N2O8S2/c1-35-17-19-37-21-23-39-27-29(33)31-15-11-7-3-5-9-13-25-41-42-26-14-10-6-4-8-12-16-32-30(34)28-40-24-22-38-20-18-36-2/h3-28H2,1-2H3,(H,31,33)(H,32,34). The first kappa shape index (κ1) is 41.4. The molecule has 0 saturated heterocycles. The third-order valence-corrected chi connectivity index (χ3v) is 8.69. The molecule has 0 aliphatic rings. The van der Waals surface area contributed by atoms with E-state index in [1.807, 2.05) is 21.6 Å². The summed E-state index contributed by atoms with van der Waals surface area (Å²) in [6, 6.07) is 0. The molecule has 12 heteroatoms. The largest absolute Gasteiger partial charge is 0.382 e. The molecule has 0 saturated carbocycles. The van der Waals surface area contributed by atoms with Crippen molar-refractivity contribution in [2.75, 3.05) is 105 Å². The van der Waals surface area contributed by atoms with Gasteiger partial charge in [-0.15, -0.1) is 0 Å². The zero-order valence-corrected chi connectivity index (χ0v) is 28.1. The third-order valence-electron chi connectivity index (χ3n) is 6.11. The van der Waals surface area contributed by atoms with E-state index < -0.39 is 0 Å². The summed E-state index contributed by atoms with van der Waals surface area (Å²) in [6.07, 6.45) is 14.5. The van der Waals surface area contributed by atoms with Gasteiger partial charge in [-0.3, -0.25) is 9.59 Å². The van der Waals surface area contributed by atoms with Gasteiger partial charge in [-0.2, -0.15) is 0 Å². The molecule has 0 bridgehead atoms. The topological polar surface area (TPSA) is 114 Å². The molecule has 0 fully saturated rings. The van der Waals surface area contributed by atoms with E-state index in [2.05, 4.69) is 10.6 Å². The average molecular weight is 641 g/mol. The van der Waals surface area contributed by atoms with Crippen LogP contribution in [0.15, 0.2) is 0 Å². The van der Waals surface area contributed by atoms with Gasteiger partial charge in [0.25, 0.3) is 0 Å². The molecule has 250 valence electrons. The molecule has 0 aromatic heterocycles. The monoisotopic (exact) mass is 640 g/mol. The normalized spacial score (nSPS) is 11.2. The van der Waals surface area contributed by atoms with Crippen LogP contribution in [0.25, 0.3) is 0 Å². The fourth-order valence-electron chi connectivity index (χ4n) is 3.72. The number of methoxy groups -OCH3 is 2. The van der Waals surface area contributed by atoms with Gasteiger partial charge >= 0.3 is 0 Å². The molecular weight excluding hydrogens is 580 g/mol. The fraction of sp³-hybridized carbons (Fsp3) is 0.933. The number of amides is 2. The molecule has 10 nitrogen and oxygen atoms in total. The fourth-order valence-corrected chi connectivity index (χ4v) is 6.01. The Morgan fingerprint density at radius 2 is 0.786 bits per heavy atom. The molecule has 0 unspecified atom stereocenters. The van der Waals surface area contributed by atoms with Crippen molar-refractivity contribution >= 4 is 33.4 Å². The Morgan fingerprint density at radius 3 is 1.19 bits per heavy atom. The Hall–Kier alpha value is -0.600. The first-order chi connectivity index (χ1) is 20.7. The SMILES string of the molecule is COCCOCCOCC(=O)NCCCCCCCCSSCCCCCCCCNC(=O)COCCOCCOC. The molecule has 2 N–H and O–H groups in total. The third kappa shape index (κ3) is 35.6. The van der Waals surface area contributed by atoms with Crippen LogP contribution in [0, 0.1) is 0 Å². The minimum atomic E-state index is -0.0570. The predicted octanol–water partition coefficient (Wildman–Crippen LogP) is 4.64. The van der Waals surface area contributed by atoms with Crippen LogP contribution in [-0.2, 0) is 38.0 Å². The van der Waals surface area contributed by atoms with Crippen molar-refractivity contribution in [3.63, 3.8) is 0 Å². The van der Waals surface area contributed by atoms with Crippen molar-refractivity contribution in [2.24, 2.45) is 0 Å². The lowest BCUT2D eigenvalue weighted by Crippen LogP contribution is -2.29. The number of unbranched alkanes of at least 4 members (excludes halogenated alkanes) is 10. The highest BCUT2D eigenvalue weighted by atomic mass is 33.1. The molecule has 0 radical (unpaired) electrons. The molecule has 42 heavy (non-hydrogen) atoms. The van der Waals surface area contributed by atoms with E-state index in [0.29, 0.717) is 52.9 Å². The number of ether oxygens (including phenoxy) is 6. The summed E-state index contributed by atoms with van der Waals surface area (Å²) in [5, 5.41) is 5.82. The number of carbonyl (C=O) groups excluding carboxylic acids is 2. The maximum absolute atomic E-state index is 11.7. The van der Waals surface area contributed by atoms with Gasteiger partial charge in [0.1, 0.15) is 13.2 Å². The molecule has 0 spiro atoms. The summed E-state index contributed by atoms with van der Waals surface area (Å²) in [4.78, 5) is 23.4. The van der Waals surface area contributed by atoms with E-state index >= 15 is 0 Å². The van der Waals surface area contributed by atoms with Gasteiger partial charge in [0.2, 0.25) is 11.8 Å². The quantitative estimate of drug-likeness (QED) is 0.0750. The maximum atomic E-state index is 11.7. The summed E-state index contributed by atoms with van der Waals surface area (Å²) >= 11 is 0. The molecule has 0 aromatic carbocycles. The van der Waals surface area contributed by atoms with Crippen LogP contribution in [0.3, 0.4) is 0 Å². The van der Waals surface area contributed by atoms with Crippen LogP contribution in [0.1, 0.15) is 77.0 Å². The summed E-state index contributed by atoms with van der Waals surface area (Å²) in [7, 11) is 7.29. The van der Waals surface area contributed by atoms with E-state index in [4.69, 9.17) is 28.4 Å². The van der Waals surface area contributed by atoms with Crippen molar-refractivity contribution in [1.82, 2.24) is 10.6 Å². The lowest BCUT2D eigenvalue weighted by molar-refractivity contribution is -0.127. The summed E-state index contributed by atoms with van der Waals surface area (Å²) in [5.74, 6) is 2.35. The Labute approximate surface area is 263 Å². The summed E-state index contributed by atoms with van der Waals surface area (Å²) < 4.78 is 30.9. The first-order valence-electron chi connectivity index (χ1n) is 15.8. The van der Waals surface area contributed by atoms with E-state index in [1.165, 1.54) is 62.9 Å². The van der Waals surface area contributed by atoms with Crippen LogP contribution in [0.5, 0.6) is 0 Å². The molecule has 2 amide bonds. The van der Waals surface area contributed by atoms with Gasteiger partial charge in [-0.1, -0.05) is 73.0 Å². The second kappa shape index (κ2) is 36.6. The van der Waals surface area contributed by atoms with Crippen LogP contribution < -0.4 is 10.6 Å². The van der Waals surface area contributed by atoms with Crippen LogP contribution in [0.4, 0.5) is 0 Å². The average Bonchev–Trinajstić information content (AvgIpc) is 2.99. The van der Waals surface area contributed by atoms with Crippen LogP contribution in [0.2, 0.25) is 0 Å². The van der Waals surface area contributed by atoms with Crippen LogP contribution >= 0.6 is 21.6 Å². The van der Waals surface area contributed by atoms with E-state index in [-0.39, 0.29) is 25.0 Å². The lowest BCUT2D eigenvalue weighted by atomic mass is 10.1. The molecule has 0 aliphatic heterocycles. The van der Waals surface area contributed by atoms with E-state index in [1.54, 1.807) is 14.2 Å². The predicted molar refractivity (Wildman–Crippen MR) is 173 cm³/mol. The molecule has 0 aliphatic carbocycles. The number of hydrogen-bond acceptors (Lipinski definition) is 10. The van der Waals surface area contributed by atoms with E-state index in [0.717, 1.165) is 38.8 Å². The highest BCUT2D eigenvalue weighted by Gasteiger charge is 2.02. The van der Waals surface area contributed by atoms with Gasteiger partial charge in [0.15, 0.2) is 0 Å². The van der Waals surface area contributed by atoms with Crippen molar-refractivity contribution in [2.45, 2.75) is 77.0 Å². The van der Waals surface area contributed by atoms with E-state index in [9.17, 15) is 9.59 Å². The second-order valence-corrected chi connectivity index (χ2v) is 12.6. The highest BCUT2D eigenvalue weighted by Crippen LogP contribution is 2.24. The Kier molecular flexibility index (Phi) is 36.1. The Balaban J connectivity index is 3.17. The smallest absolute Gasteiger partial charge is 0.245 e. The number of carbonyl (C=O) groups is 2. The minimum absolute atomic E-state index is 0.0570. The van der Waals surface area contributed by atoms with Gasteiger partial charge in [0.05, 0.1) is 52.9 Å². The first-order valence-corrected chi connectivity index (χ1v) is 18.3. The Bertz CT molecular complexity index is 531. The second-order valence-electron chi connectivity index (χ2n) is 9.90. The van der Waals surface area contributed by atoms with Crippen molar-refractivity contribution in [1.29, 1.82) is 0 Å². The van der Waals surface area contributed by atoms with Gasteiger partial charge in [-0.05, 0) is 25.7 Å². The minimum Gasteiger partial charge on any atom is -0.382 e. The van der Waals surface area contributed by atoms with Gasteiger partial charge < -0.3 is 39.1 Å². The molecule has 0 heterocycles. The van der Waals surface area contributed by atoms with Crippen molar-refractivity contribution < 1.29 is 38.0 Å². The zero-order chi connectivity index (χ0) is 30.6. The highest BCUT2D eigenvalue weighted by molar-refractivity contribution is 8.76. The molecule has 0 rings (SSSR count). The molecule has 0 atom stereocenters. The van der Waals surface area contributed by atoms with Crippen molar-refractivity contribution in [3.05, 3.63) is 0 Å². The molecule has 0 aromatic rings. The molecular formula is C30H60N2O8S2. The van der Waals surface area contributed by atoms with Crippen LogP contribution in [-0.4, -0.2) is 117 Å². The number of rotatable bonds is 35.